The van der Waals surface area contributed by atoms with Crippen LogP contribution in [0.1, 0.15) is 24.8 Å². The molecule has 0 unspecified atom stereocenters. The van der Waals surface area contributed by atoms with Crippen molar-refractivity contribution in [1.82, 2.24) is 4.98 Å². The molecule has 1 aromatic rings. The third kappa shape index (κ3) is 2.29. The Morgan fingerprint density at radius 1 is 1.47 bits per heavy atom. The largest absolute Gasteiger partial charge is 0.394 e. The molecule has 82 valence electrons. The number of aryl methyl sites for hydroxylation is 1. The Kier molecular flexibility index (Phi) is 3.21. The van der Waals surface area contributed by atoms with Gasteiger partial charge in [0.15, 0.2) is 0 Å². The first-order valence-corrected chi connectivity index (χ1v) is 5.61. The third-order valence-electron chi connectivity index (χ3n) is 3.03. The summed E-state index contributed by atoms with van der Waals surface area (Å²) in [7, 11) is 0. The highest BCUT2D eigenvalue weighted by Gasteiger charge is 2.22. The summed E-state index contributed by atoms with van der Waals surface area (Å²) in [5.74, 6) is 0.999. The molecule has 0 bridgehead atoms. The van der Waals surface area contributed by atoms with Crippen LogP contribution in [0.5, 0.6) is 0 Å². The van der Waals surface area contributed by atoms with Crippen LogP contribution >= 0.6 is 0 Å². The second kappa shape index (κ2) is 4.62. The van der Waals surface area contributed by atoms with Crippen LogP contribution in [0.15, 0.2) is 18.3 Å². The van der Waals surface area contributed by atoms with Crippen LogP contribution in [0, 0.1) is 6.92 Å². The average molecular weight is 206 g/mol. The normalized spacial score (nSPS) is 21.7. The summed E-state index contributed by atoms with van der Waals surface area (Å²) in [6, 6.07) is 4.38. The van der Waals surface area contributed by atoms with Crippen molar-refractivity contribution in [2.75, 3.05) is 18.1 Å². The van der Waals surface area contributed by atoms with Crippen molar-refractivity contribution in [1.29, 1.82) is 0 Å². The monoisotopic (exact) mass is 206 g/mol. The van der Waals surface area contributed by atoms with Gasteiger partial charge in [0.2, 0.25) is 0 Å². The molecule has 2 rings (SSSR count). The number of rotatable bonds is 2. The van der Waals surface area contributed by atoms with Crippen molar-refractivity contribution in [3.63, 3.8) is 0 Å². The van der Waals surface area contributed by atoms with E-state index in [2.05, 4.69) is 16.0 Å². The summed E-state index contributed by atoms with van der Waals surface area (Å²) >= 11 is 0. The molecule has 3 nitrogen and oxygen atoms in total. The van der Waals surface area contributed by atoms with E-state index in [0.717, 1.165) is 18.8 Å². The van der Waals surface area contributed by atoms with Gasteiger partial charge in [-0.15, -0.1) is 0 Å². The van der Waals surface area contributed by atoms with Crippen LogP contribution in [0.25, 0.3) is 0 Å². The van der Waals surface area contributed by atoms with Crippen LogP contribution < -0.4 is 4.90 Å². The number of piperidine rings is 1. The molecular weight excluding hydrogens is 188 g/mol. The van der Waals surface area contributed by atoms with E-state index in [4.69, 9.17) is 0 Å². The number of aliphatic hydroxyl groups is 1. The first-order chi connectivity index (χ1) is 7.31. The predicted octanol–water partition coefficient (Wildman–Crippen LogP) is 1.74. The maximum absolute atomic E-state index is 9.31. The number of aliphatic hydroxyl groups excluding tert-OH is 1. The number of aromatic nitrogens is 1. The first kappa shape index (κ1) is 10.4. The van der Waals surface area contributed by atoms with Crippen LogP contribution in [0.4, 0.5) is 5.82 Å². The van der Waals surface area contributed by atoms with Gasteiger partial charge in [-0.2, -0.15) is 0 Å². The summed E-state index contributed by atoms with van der Waals surface area (Å²) in [5, 5.41) is 9.31. The third-order valence-corrected chi connectivity index (χ3v) is 3.03. The van der Waals surface area contributed by atoms with Gasteiger partial charge in [0.1, 0.15) is 5.82 Å². The van der Waals surface area contributed by atoms with Crippen molar-refractivity contribution in [3.8, 4) is 0 Å². The molecule has 1 atom stereocenters. The maximum atomic E-state index is 9.31. The summed E-state index contributed by atoms with van der Waals surface area (Å²) in [6.07, 6.45) is 5.38. The fourth-order valence-electron chi connectivity index (χ4n) is 2.12. The number of nitrogens with zero attached hydrogens (tertiary/aromatic N) is 2. The molecule has 0 saturated carbocycles. The first-order valence-electron chi connectivity index (χ1n) is 5.61. The van der Waals surface area contributed by atoms with E-state index in [1.807, 2.05) is 19.2 Å². The smallest absolute Gasteiger partial charge is 0.128 e. The highest BCUT2D eigenvalue weighted by molar-refractivity contribution is 5.41. The molecule has 1 N–H and O–H groups in total. The molecule has 1 aromatic heterocycles. The van der Waals surface area contributed by atoms with Gasteiger partial charge in [0, 0.05) is 12.7 Å². The van der Waals surface area contributed by atoms with Gasteiger partial charge in [-0.1, -0.05) is 6.07 Å². The van der Waals surface area contributed by atoms with Crippen molar-refractivity contribution in [2.45, 2.75) is 32.2 Å². The van der Waals surface area contributed by atoms with Crippen molar-refractivity contribution in [2.24, 2.45) is 0 Å². The van der Waals surface area contributed by atoms with Gasteiger partial charge in [-0.25, -0.2) is 4.98 Å². The molecule has 0 aromatic carbocycles. The topological polar surface area (TPSA) is 36.4 Å². The Morgan fingerprint density at radius 3 is 3.00 bits per heavy atom. The van der Waals surface area contributed by atoms with Crippen LogP contribution in [-0.2, 0) is 0 Å². The number of hydrogen-bond acceptors (Lipinski definition) is 3. The molecule has 0 amide bonds. The summed E-state index contributed by atoms with van der Waals surface area (Å²) < 4.78 is 0. The molecule has 0 spiro atoms. The molecule has 15 heavy (non-hydrogen) atoms. The van der Waals surface area contributed by atoms with Crippen LogP contribution in [0.2, 0.25) is 0 Å². The van der Waals surface area contributed by atoms with Gasteiger partial charge in [0.05, 0.1) is 12.6 Å². The Bertz CT molecular complexity index is 310. The Morgan fingerprint density at radius 2 is 2.33 bits per heavy atom. The van der Waals surface area contributed by atoms with Crippen molar-refractivity contribution in [3.05, 3.63) is 23.9 Å². The van der Waals surface area contributed by atoms with Gasteiger partial charge in [0.25, 0.3) is 0 Å². The minimum Gasteiger partial charge on any atom is -0.394 e. The average Bonchev–Trinajstić information content (AvgIpc) is 2.30. The summed E-state index contributed by atoms with van der Waals surface area (Å²) in [6.45, 7) is 3.29. The van der Waals surface area contributed by atoms with E-state index in [1.54, 1.807) is 0 Å². The molecule has 1 saturated heterocycles. The predicted molar refractivity (Wildman–Crippen MR) is 61.0 cm³/mol. The lowest BCUT2D eigenvalue weighted by atomic mass is 10.0. The minimum absolute atomic E-state index is 0.232. The summed E-state index contributed by atoms with van der Waals surface area (Å²) in [4.78, 5) is 6.64. The second-order valence-electron chi connectivity index (χ2n) is 4.22. The van der Waals surface area contributed by atoms with Crippen LogP contribution in [0.3, 0.4) is 0 Å². The zero-order valence-electron chi connectivity index (χ0n) is 9.19. The minimum atomic E-state index is 0.232. The SMILES string of the molecule is Cc1ccc(N2CCCC[C@@H]2CO)nc1. The highest BCUT2D eigenvalue weighted by Crippen LogP contribution is 2.22. The summed E-state index contributed by atoms with van der Waals surface area (Å²) in [5.41, 5.74) is 1.18. The number of hydrogen-bond donors (Lipinski definition) is 1. The second-order valence-corrected chi connectivity index (χ2v) is 4.22. The quantitative estimate of drug-likeness (QED) is 0.800. The standard InChI is InChI=1S/C12H18N2O/c1-10-5-6-12(13-8-10)14-7-3-2-4-11(14)9-15/h5-6,8,11,15H,2-4,7,9H2,1H3/t11-/m1/s1. The van der Waals surface area contributed by atoms with Gasteiger partial charge >= 0.3 is 0 Å². The van der Waals surface area contributed by atoms with E-state index in [1.165, 1.54) is 18.4 Å². The fourth-order valence-corrected chi connectivity index (χ4v) is 2.12. The molecule has 1 aliphatic heterocycles. The van der Waals surface area contributed by atoms with E-state index in [-0.39, 0.29) is 12.6 Å². The number of pyridine rings is 1. The van der Waals surface area contributed by atoms with Gasteiger partial charge < -0.3 is 10.0 Å². The zero-order chi connectivity index (χ0) is 10.7. The van der Waals surface area contributed by atoms with Gasteiger partial charge in [-0.05, 0) is 37.8 Å². The molecule has 1 aliphatic rings. The van der Waals surface area contributed by atoms with E-state index < -0.39 is 0 Å². The lowest BCUT2D eigenvalue weighted by molar-refractivity contribution is 0.239. The molecular formula is C12H18N2O. The lowest BCUT2D eigenvalue weighted by Gasteiger charge is -2.35. The maximum Gasteiger partial charge on any atom is 0.128 e. The molecule has 1 fully saturated rings. The number of anilines is 1. The Balaban J connectivity index is 2.16. The Labute approximate surface area is 90.8 Å². The Hall–Kier alpha value is -1.09. The fraction of sp³-hybridized carbons (Fsp3) is 0.583. The molecule has 2 heterocycles. The molecule has 0 aliphatic carbocycles. The van der Waals surface area contributed by atoms with Gasteiger partial charge in [-0.3, -0.25) is 0 Å². The molecule has 0 radical (unpaired) electrons. The zero-order valence-corrected chi connectivity index (χ0v) is 9.19. The lowest BCUT2D eigenvalue weighted by Crippen LogP contribution is -2.42. The van der Waals surface area contributed by atoms with E-state index in [0.29, 0.717) is 0 Å². The molecule has 3 heteroatoms. The van der Waals surface area contributed by atoms with Crippen molar-refractivity contribution >= 4 is 5.82 Å². The van der Waals surface area contributed by atoms with E-state index >= 15 is 0 Å². The van der Waals surface area contributed by atoms with E-state index in [9.17, 15) is 5.11 Å². The van der Waals surface area contributed by atoms with Crippen LogP contribution in [-0.4, -0.2) is 29.3 Å². The van der Waals surface area contributed by atoms with Crippen molar-refractivity contribution < 1.29 is 5.11 Å². The highest BCUT2D eigenvalue weighted by atomic mass is 16.3.